The lowest BCUT2D eigenvalue weighted by molar-refractivity contribution is -0.00489. The van der Waals surface area contributed by atoms with Crippen molar-refractivity contribution in [3.63, 3.8) is 0 Å². The van der Waals surface area contributed by atoms with Crippen LogP contribution in [-0.2, 0) is 11.8 Å². The lowest BCUT2D eigenvalue weighted by Crippen LogP contribution is -2.44. The molecule has 4 rings (SSSR count). The zero-order valence-electron chi connectivity index (χ0n) is 13.2. The Bertz CT molecular complexity index is 838. The Morgan fingerprint density at radius 2 is 2.25 bits per heavy atom. The fourth-order valence-electron chi connectivity index (χ4n) is 2.94. The predicted molar refractivity (Wildman–Crippen MR) is 95.4 cm³/mol. The van der Waals surface area contributed by atoms with E-state index in [0.29, 0.717) is 25.5 Å². The second kappa shape index (κ2) is 6.51. The summed E-state index contributed by atoms with van der Waals surface area (Å²) in [6.45, 7) is 1.67. The molecule has 0 N–H and O–H groups in total. The molecule has 1 atom stereocenters. The van der Waals surface area contributed by atoms with E-state index in [1.165, 1.54) is 11.3 Å². The molecule has 0 bridgehead atoms. The minimum atomic E-state index is -0.0712. The SMILES string of the molecule is Cn1cccc1[C@@H]1COCCN1C(=O)c1csc(-c2cccs2)n1. The lowest BCUT2D eigenvalue weighted by atomic mass is 10.1. The zero-order valence-corrected chi connectivity index (χ0v) is 14.8. The van der Waals surface area contributed by atoms with Gasteiger partial charge in [0.1, 0.15) is 10.7 Å². The molecule has 124 valence electrons. The number of carbonyl (C=O) groups is 1. The molecule has 5 nitrogen and oxygen atoms in total. The van der Waals surface area contributed by atoms with E-state index in [-0.39, 0.29) is 11.9 Å². The topological polar surface area (TPSA) is 47.4 Å². The van der Waals surface area contributed by atoms with Crippen LogP contribution in [0.5, 0.6) is 0 Å². The van der Waals surface area contributed by atoms with Crippen LogP contribution in [0.2, 0.25) is 0 Å². The number of aromatic nitrogens is 2. The van der Waals surface area contributed by atoms with Gasteiger partial charge < -0.3 is 14.2 Å². The highest BCUT2D eigenvalue weighted by Gasteiger charge is 2.31. The number of thiophene rings is 1. The highest BCUT2D eigenvalue weighted by atomic mass is 32.1. The highest BCUT2D eigenvalue weighted by molar-refractivity contribution is 7.20. The molecule has 0 aromatic carbocycles. The quantitative estimate of drug-likeness (QED) is 0.720. The Morgan fingerprint density at radius 3 is 3.00 bits per heavy atom. The summed E-state index contributed by atoms with van der Waals surface area (Å²) >= 11 is 3.15. The van der Waals surface area contributed by atoms with Crippen LogP contribution in [0.4, 0.5) is 0 Å². The van der Waals surface area contributed by atoms with E-state index in [0.717, 1.165) is 15.6 Å². The third-order valence-corrected chi connectivity index (χ3v) is 6.05. The summed E-state index contributed by atoms with van der Waals surface area (Å²) in [6.07, 6.45) is 1.99. The summed E-state index contributed by atoms with van der Waals surface area (Å²) in [6, 6.07) is 7.98. The molecule has 1 aliphatic heterocycles. The van der Waals surface area contributed by atoms with Crippen LogP contribution in [0.25, 0.3) is 9.88 Å². The number of ether oxygens (including phenoxy) is 1. The van der Waals surface area contributed by atoms with Gasteiger partial charge in [0.15, 0.2) is 0 Å². The Morgan fingerprint density at radius 1 is 1.33 bits per heavy atom. The Kier molecular flexibility index (Phi) is 4.22. The Hall–Kier alpha value is -1.96. The van der Waals surface area contributed by atoms with E-state index < -0.39 is 0 Å². The first-order valence-electron chi connectivity index (χ1n) is 7.73. The van der Waals surface area contributed by atoms with Crippen LogP contribution in [0.3, 0.4) is 0 Å². The lowest BCUT2D eigenvalue weighted by Gasteiger charge is -2.35. The van der Waals surface area contributed by atoms with Crippen molar-refractivity contribution in [2.24, 2.45) is 7.05 Å². The molecule has 0 saturated carbocycles. The maximum absolute atomic E-state index is 13.0. The van der Waals surface area contributed by atoms with E-state index in [4.69, 9.17) is 4.74 Å². The van der Waals surface area contributed by atoms with Crippen molar-refractivity contribution in [2.45, 2.75) is 6.04 Å². The standard InChI is InChI=1S/C17H17N3O2S2/c1-19-6-2-4-13(19)14-10-22-8-7-20(14)17(21)12-11-24-16(18-12)15-5-3-9-23-15/h2-6,9,11,14H,7-8,10H2,1H3/t14-/m0/s1. The van der Waals surface area contributed by atoms with Crippen molar-refractivity contribution in [1.82, 2.24) is 14.5 Å². The minimum absolute atomic E-state index is 0.0245. The van der Waals surface area contributed by atoms with Gasteiger partial charge in [-0.2, -0.15) is 0 Å². The van der Waals surface area contributed by atoms with E-state index in [9.17, 15) is 4.79 Å². The molecule has 7 heteroatoms. The third-order valence-electron chi connectivity index (χ3n) is 4.17. The van der Waals surface area contributed by atoms with E-state index in [1.54, 1.807) is 11.3 Å². The summed E-state index contributed by atoms with van der Waals surface area (Å²) < 4.78 is 7.66. The van der Waals surface area contributed by atoms with E-state index >= 15 is 0 Å². The van der Waals surface area contributed by atoms with Crippen molar-refractivity contribution in [2.75, 3.05) is 19.8 Å². The third kappa shape index (κ3) is 2.79. The summed E-state index contributed by atoms with van der Waals surface area (Å²) in [5.41, 5.74) is 1.60. The largest absolute Gasteiger partial charge is 0.377 e. The molecule has 4 heterocycles. The van der Waals surface area contributed by atoms with Crippen LogP contribution in [0, 0.1) is 0 Å². The molecule has 1 fully saturated rings. The average molecular weight is 359 g/mol. The number of rotatable bonds is 3. The van der Waals surface area contributed by atoms with Crippen molar-refractivity contribution < 1.29 is 9.53 Å². The van der Waals surface area contributed by atoms with E-state index in [1.807, 2.05) is 57.7 Å². The van der Waals surface area contributed by atoms with Crippen molar-refractivity contribution in [3.8, 4) is 9.88 Å². The number of hydrogen-bond donors (Lipinski definition) is 0. The number of carbonyl (C=O) groups excluding carboxylic acids is 1. The number of morpholine rings is 1. The average Bonchev–Trinajstić information content (AvgIpc) is 3.35. The zero-order chi connectivity index (χ0) is 16.5. The molecule has 0 aliphatic carbocycles. The second-order valence-corrected chi connectivity index (χ2v) is 7.45. The van der Waals surface area contributed by atoms with Crippen LogP contribution in [0.15, 0.2) is 41.2 Å². The Balaban J connectivity index is 1.61. The molecular formula is C17H17N3O2S2. The van der Waals surface area contributed by atoms with Crippen LogP contribution >= 0.6 is 22.7 Å². The number of aryl methyl sites for hydroxylation is 1. The fourth-order valence-corrected chi connectivity index (χ4v) is 4.55. The van der Waals surface area contributed by atoms with Gasteiger partial charge in [-0.15, -0.1) is 22.7 Å². The van der Waals surface area contributed by atoms with Crippen molar-refractivity contribution >= 4 is 28.6 Å². The van der Waals surface area contributed by atoms with Crippen LogP contribution in [0.1, 0.15) is 22.2 Å². The monoisotopic (exact) mass is 359 g/mol. The molecule has 1 amide bonds. The molecule has 24 heavy (non-hydrogen) atoms. The molecule has 1 saturated heterocycles. The predicted octanol–water partition coefficient (Wildman–Crippen LogP) is 3.42. The van der Waals surface area contributed by atoms with Crippen molar-refractivity contribution in [3.05, 3.63) is 52.6 Å². The molecule has 3 aromatic heterocycles. The molecule has 3 aromatic rings. The van der Waals surface area contributed by atoms with Gasteiger partial charge in [0.2, 0.25) is 0 Å². The summed E-state index contributed by atoms with van der Waals surface area (Å²) in [5, 5.41) is 4.78. The van der Waals surface area contributed by atoms with Crippen LogP contribution < -0.4 is 0 Å². The normalized spacial score (nSPS) is 18.0. The highest BCUT2D eigenvalue weighted by Crippen LogP contribution is 2.30. The van der Waals surface area contributed by atoms with Crippen molar-refractivity contribution in [1.29, 1.82) is 0 Å². The smallest absolute Gasteiger partial charge is 0.274 e. The number of hydrogen-bond acceptors (Lipinski definition) is 5. The molecule has 0 radical (unpaired) electrons. The van der Waals surface area contributed by atoms with Gasteiger partial charge in [-0.05, 0) is 23.6 Å². The van der Waals surface area contributed by atoms with Gasteiger partial charge in [-0.1, -0.05) is 6.07 Å². The molecule has 0 spiro atoms. The molecular weight excluding hydrogens is 342 g/mol. The first-order valence-corrected chi connectivity index (χ1v) is 9.49. The first-order chi connectivity index (χ1) is 11.7. The number of thiazole rings is 1. The minimum Gasteiger partial charge on any atom is -0.377 e. The summed E-state index contributed by atoms with van der Waals surface area (Å²) in [5.74, 6) is -0.0245. The molecule has 0 unspecified atom stereocenters. The maximum atomic E-state index is 13.0. The summed E-state index contributed by atoms with van der Waals surface area (Å²) in [4.78, 5) is 20.5. The van der Waals surface area contributed by atoms with Gasteiger partial charge in [0.05, 0.1) is 24.1 Å². The number of amides is 1. The molecule has 1 aliphatic rings. The fraction of sp³-hybridized carbons (Fsp3) is 0.294. The van der Waals surface area contributed by atoms with Crippen LogP contribution in [-0.4, -0.2) is 40.1 Å². The second-order valence-electron chi connectivity index (χ2n) is 5.65. The first kappa shape index (κ1) is 15.6. The van der Waals surface area contributed by atoms with Gasteiger partial charge in [0.25, 0.3) is 5.91 Å². The maximum Gasteiger partial charge on any atom is 0.274 e. The summed E-state index contributed by atoms with van der Waals surface area (Å²) in [7, 11) is 1.99. The van der Waals surface area contributed by atoms with Gasteiger partial charge in [-0.3, -0.25) is 4.79 Å². The van der Waals surface area contributed by atoms with E-state index in [2.05, 4.69) is 4.98 Å². The number of nitrogens with zero attached hydrogens (tertiary/aromatic N) is 3. The van der Waals surface area contributed by atoms with Gasteiger partial charge in [-0.25, -0.2) is 4.98 Å². The van der Waals surface area contributed by atoms with Gasteiger partial charge in [0, 0.05) is 30.9 Å². The Labute approximate surface area is 148 Å². The van der Waals surface area contributed by atoms with Gasteiger partial charge >= 0.3 is 0 Å².